The minimum atomic E-state index is 0.104. The average molecular weight is 214 g/mol. The number of Topliss-reactive ketones (excluding diaryl/α,β-unsaturated/α-hetero) is 1. The zero-order valence-corrected chi connectivity index (χ0v) is 9.45. The van der Waals surface area contributed by atoms with E-state index in [0.717, 1.165) is 22.0 Å². The lowest BCUT2D eigenvalue weighted by atomic mass is 10.0. The maximum atomic E-state index is 11.7. The fraction of sp³-hybridized carbons (Fsp3) is 0.231. The second kappa shape index (κ2) is 4.41. The van der Waals surface area contributed by atoms with E-state index in [1.807, 2.05) is 31.2 Å². The lowest BCUT2D eigenvalue weighted by Gasteiger charge is -2.04. The molecule has 1 aromatic carbocycles. The van der Waals surface area contributed by atoms with Gasteiger partial charge < -0.3 is 5.32 Å². The molecule has 2 aromatic rings. The molecule has 3 nitrogen and oxygen atoms in total. The van der Waals surface area contributed by atoms with Crippen molar-refractivity contribution in [2.75, 3.05) is 13.6 Å². The number of nitrogens with one attached hydrogen (secondary N) is 1. The highest BCUT2D eigenvalue weighted by Gasteiger charge is 2.06. The van der Waals surface area contributed by atoms with Crippen LogP contribution < -0.4 is 5.32 Å². The minimum absolute atomic E-state index is 0.104. The molecule has 0 saturated carbocycles. The van der Waals surface area contributed by atoms with Gasteiger partial charge in [0.2, 0.25) is 0 Å². The summed E-state index contributed by atoms with van der Waals surface area (Å²) >= 11 is 0. The Balaban J connectivity index is 2.51. The zero-order chi connectivity index (χ0) is 11.5. The monoisotopic (exact) mass is 214 g/mol. The summed E-state index contributed by atoms with van der Waals surface area (Å²) in [5.74, 6) is 0.104. The quantitative estimate of drug-likeness (QED) is 0.794. The van der Waals surface area contributed by atoms with Crippen molar-refractivity contribution in [3.63, 3.8) is 0 Å². The largest absolute Gasteiger partial charge is 0.313 e. The van der Waals surface area contributed by atoms with Crippen molar-refractivity contribution in [2.24, 2.45) is 0 Å². The molecule has 0 aliphatic rings. The smallest absolute Gasteiger partial charge is 0.176 e. The van der Waals surface area contributed by atoms with E-state index in [-0.39, 0.29) is 5.78 Å². The molecule has 0 aliphatic carbocycles. The molecule has 1 heterocycles. The van der Waals surface area contributed by atoms with Gasteiger partial charge in [0, 0.05) is 22.8 Å². The van der Waals surface area contributed by atoms with E-state index in [2.05, 4.69) is 10.3 Å². The summed E-state index contributed by atoms with van der Waals surface area (Å²) in [6, 6.07) is 7.69. The van der Waals surface area contributed by atoms with Crippen molar-refractivity contribution in [1.29, 1.82) is 0 Å². The third-order valence-corrected chi connectivity index (χ3v) is 2.62. The molecule has 0 fully saturated rings. The summed E-state index contributed by atoms with van der Waals surface area (Å²) in [4.78, 5) is 15.9. The number of likely N-dealkylation sites (N-methyl/N-ethyl adjacent to an activating group) is 1. The fourth-order valence-electron chi connectivity index (χ4n) is 1.75. The normalized spacial score (nSPS) is 10.6. The van der Waals surface area contributed by atoms with Crippen molar-refractivity contribution in [3.05, 3.63) is 41.7 Å². The highest BCUT2D eigenvalue weighted by molar-refractivity contribution is 6.01. The first-order valence-corrected chi connectivity index (χ1v) is 5.25. The van der Waals surface area contributed by atoms with Gasteiger partial charge in [-0.05, 0) is 31.5 Å². The molecule has 0 saturated heterocycles. The second-order valence-electron chi connectivity index (χ2n) is 3.79. The Hall–Kier alpha value is -1.74. The molecule has 1 N–H and O–H groups in total. The van der Waals surface area contributed by atoms with Crippen LogP contribution in [0, 0.1) is 6.92 Å². The Morgan fingerprint density at radius 1 is 1.38 bits per heavy atom. The summed E-state index contributed by atoms with van der Waals surface area (Å²) in [5, 5.41) is 5.03. The average Bonchev–Trinajstić information content (AvgIpc) is 2.29. The van der Waals surface area contributed by atoms with Crippen molar-refractivity contribution < 1.29 is 4.79 Å². The number of fused-ring (bicyclic) bond motifs is 1. The SMILES string of the molecule is CNCC(=O)c1ccc2ccnc(C)c2c1. The molecule has 0 aliphatic heterocycles. The predicted octanol–water partition coefficient (Wildman–Crippen LogP) is 1.95. The summed E-state index contributed by atoms with van der Waals surface area (Å²) in [7, 11) is 1.77. The minimum Gasteiger partial charge on any atom is -0.313 e. The van der Waals surface area contributed by atoms with E-state index in [4.69, 9.17) is 0 Å². The zero-order valence-electron chi connectivity index (χ0n) is 9.45. The highest BCUT2D eigenvalue weighted by atomic mass is 16.1. The van der Waals surface area contributed by atoms with Crippen LogP contribution in [0.3, 0.4) is 0 Å². The lowest BCUT2D eigenvalue weighted by Crippen LogP contribution is -2.18. The number of benzene rings is 1. The van der Waals surface area contributed by atoms with E-state index in [1.165, 1.54) is 0 Å². The third kappa shape index (κ3) is 1.95. The van der Waals surface area contributed by atoms with Gasteiger partial charge in [0.15, 0.2) is 5.78 Å². The first-order valence-electron chi connectivity index (χ1n) is 5.25. The number of aryl methyl sites for hydroxylation is 1. The summed E-state index contributed by atoms with van der Waals surface area (Å²) in [6.45, 7) is 2.32. The summed E-state index contributed by atoms with van der Waals surface area (Å²) in [5.41, 5.74) is 1.69. The number of carbonyl (C=O) groups is 1. The van der Waals surface area contributed by atoms with Crippen LogP contribution >= 0.6 is 0 Å². The topological polar surface area (TPSA) is 42.0 Å². The molecule has 2 rings (SSSR count). The molecule has 0 spiro atoms. The summed E-state index contributed by atoms with van der Waals surface area (Å²) in [6.07, 6.45) is 1.78. The number of aromatic nitrogens is 1. The van der Waals surface area contributed by atoms with Gasteiger partial charge in [-0.1, -0.05) is 12.1 Å². The Labute approximate surface area is 94.5 Å². The van der Waals surface area contributed by atoms with Crippen molar-refractivity contribution >= 4 is 16.6 Å². The summed E-state index contributed by atoms with van der Waals surface area (Å²) < 4.78 is 0. The molecule has 1 aromatic heterocycles. The van der Waals surface area contributed by atoms with Crippen molar-refractivity contribution in [1.82, 2.24) is 10.3 Å². The molecule has 16 heavy (non-hydrogen) atoms. The number of hydrogen-bond acceptors (Lipinski definition) is 3. The van der Waals surface area contributed by atoms with Gasteiger partial charge >= 0.3 is 0 Å². The molecule has 0 bridgehead atoms. The number of nitrogens with zero attached hydrogens (tertiary/aromatic N) is 1. The molecule has 0 unspecified atom stereocenters. The first-order chi connectivity index (χ1) is 7.72. The van der Waals surface area contributed by atoms with Crippen LogP contribution in [0.15, 0.2) is 30.5 Å². The fourth-order valence-corrected chi connectivity index (χ4v) is 1.75. The second-order valence-corrected chi connectivity index (χ2v) is 3.79. The van der Waals surface area contributed by atoms with Gasteiger partial charge in [-0.25, -0.2) is 0 Å². The van der Waals surface area contributed by atoms with Crippen LogP contribution in [0.1, 0.15) is 16.1 Å². The molecule has 0 atom stereocenters. The van der Waals surface area contributed by atoms with Gasteiger partial charge in [0.1, 0.15) is 0 Å². The lowest BCUT2D eigenvalue weighted by molar-refractivity contribution is 0.0993. The number of rotatable bonds is 3. The standard InChI is InChI=1S/C13H14N2O/c1-9-12-7-11(13(16)8-14-2)4-3-10(12)5-6-15-9/h3-7,14H,8H2,1-2H3. The van der Waals surface area contributed by atoms with E-state index in [0.29, 0.717) is 6.54 Å². The van der Waals surface area contributed by atoms with Gasteiger partial charge in [-0.15, -0.1) is 0 Å². The predicted molar refractivity (Wildman–Crippen MR) is 64.7 cm³/mol. The highest BCUT2D eigenvalue weighted by Crippen LogP contribution is 2.18. The van der Waals surface area contributed by atoms with Crippen LogP contribution in [0.25, 0.3) is 10.8 Å². The van der Waals surface area contributed by atoms with Gasteiger partial charge in [-0.3, -0.25) is 9.78 Å². The number of hydrogen-bond donors (Lipinski definition) is 1. The molecule has 3 heteroatoms. The van der Waals surface area contributed by atoms with Crippen molar-refractivity contribution in [3.8, 4) is 0 Å². The van der Waals surface area contributed by atoms with E-state index in [1.54, 1.807) is 13.2 Å². The van der Waals surface area contributed by atoms with E-state index >= 15 is 0 Å². The van der Waals surface area contributed by atoms with Crippen LogP contribution in [-0.4, -0.2) is 24.4 Å². The van der Waals surface area contributed by atoms with Gasteiger partial charge in [-0.2, -0.15) is 0 Å². The number of carbonyl (C=O) groups excluding carboxylic acids is 1. The Morgan fingerprint density at radius 3 is 2.94 bits per heavy atom. The van der Waals surface area contributed by atoms with Crippen LogP contribution in [0.5, 0.6) is 0 Å². The first kappa shape index (κ1) is 10.8. The maximum absolute atomic E-state index is 11.7. The Bertz CT molecular complexity index is 534. The van der Waals surface area contributed by atoms with Crippen LogP contribution in [-0.2, 0) is 0 Å². The molecule has 0 radical (unpaired) electrons. The number of pyridine rings is 1. The maximum Gasteiger partial charge on any atom is 0.176 e. The van der Waals surface area contributed by atoms with E-state index in [9.17, 15) is 4.79 Å². The Morgan fingerprint density at radius 2 is 2.19 bits per heavy atom. The molecule has 82 valence electrons. The Kier molecular flexibility index (Phi) is 2.97. The van der Waals surface area contributed by atoms with Gasteiger partial charge in [0.05, 0.1) is 6.54 Å². The number of ketones is 1. The molecule has 0 amide bonds. The van der Waals surface area contributed by atoms with Crippen LogP contribution in [0.2, 0.25) is 0 Å². The molecular formula is C13H14N2O. The van der Waals surface area contributed by atoms with E-state index < -0.39 is 0 Å². The third-order valence-electron chi connectivity index (χ3n) is 2.62. The molecular weight excluding hydrogens is 200 g/mol. The van der Waals surface area contributed by atoms with Crippen LogP contribution in [0.4, 0.5) is 0 Å². The van der Waals surface area contributed by atoms with Crippen molar-refractivity contribution in [2.45, 2.75) is 6.92 Å². The van der Waals surface area contributed by atoms with Gasteiger partial charge in [0.25, 0.3) is 0 Å².